The van der Waals surface area contributed by atoms with E-state index in [4.69, 9.17) is 0 Å². The molecule has 1 nitrogen and oxygen atoms in total. The van der Waals surface area contributed by atoms with E-state index < -0.39 is 0 Å². The standard InChI is InChI=1S/C15H20O/c1-11-3-4-12(2)14(9-11)10-13-5-7-15(16)8-6-13/h3-4,9,13H,5-8,10H2,1-2H3. The molecule has 0 aromatic heterocycles. The molecule has 0 saturated heterocycles. The number of hydrogen-bond donors (Lipinski definition) is 0. The fraction of sp³-hybridized carbons (Fsp3) is 0.533. The summed E-state index contributed by atoms with van der Waals surface area (Å²) in [5.74, 6) is 1.18. The maximum atomic E-state index is 11.2. The second-order valence-corrected chi connectivity index (χ2v) is 5.12. The van der Waals surface area contributed by atoms with Gasteiger partial charge in [-0.1, -0.05) is 23.8 Å². The first-order valence-electron chi connectivity index (χ1n) is 6.23. The second-order valence-electron chi connectivity index (χ2n) is 5.12. The quantitative estimate of drug-likeness (QED) is 0.738. The van der Waals surface area contributed by atoms with Crippen molar-refractivity contribution in [3.63, 3.8) is 0 Å². The largest absolute Gasteiger partial charge is 0.300 e. The zero-order chi connectivity index (χ0) is 11.5. The number of Topliss-reactive ketones (excluding diaryl/α,β-unsaturated/α-hetero) is 1. The summed E-state index contributed by atoms with van der Waals surface area (Å²) in [7, 11) is 0. The van der Waals surface area contributed by atoms with E-state index >= 15 is 0 Å². The molecule has 0 radical (unpaired) electrons. The summed E-state index contributed by atoms with van der Waals surface area (Å²) in [5, 5.41) is 0. The summed E-state index contributed by atoms with van der Waals surface area (Å²) >= 11 is 0. The summed E-state index contributed by atoms with van der Waals surface area (Å²) in [5.41, 5.74) is 4.20. The summed E-state index contributed by atoms with van der Waals surface area (Å²) < 4.78 is 0. The third-order valence-electron chi connectivity index (χ3n) is 3.68. The number of carbonyl (C=O) groups excluding carboxylic acids is 1. The van der Waals surface area contributed by atoms with Crippen LogP contribution in [0.25, 0.3) is 0 Å². The first-order valence-corrected chi connectivity index (χ1v) is 6.23. The molecule has 0 atom stereocenters. The molecule has 0 amide bonds. The van der Waals surface area contributed by atoms with Crippen LogP contribution in [0.3, 0.4) is 0 Å². The Balaban J connectivity index is 2.03. The van der Waals surface area contributed by atoms with Crippen molar-refractivity contribution in [2.45, 2.75) is 46.0 Å². The van der Waals surface area contributed by atoms with Gasteiger partial charge in [-0.25, -0.2) is 0 Å². The van der Waals surface area contributed by atoms with Crippen LogP contribution in [-0.4, -0.2) is 5.78 Å². The summed E-state index contributed by atoms with van der Waals surface area (Å²) in [6.45, 7) is 4.33. The minimum Gasteiger partial charge on any atom is -0.300 e. The second kappa shape index (κ2) is 4.82. The highest BCUT2D eigenvalue weighted by atomic mass is 16.1. The van der Waals surface area contributed by atoms with Crippen molar-refractivity contribution in [3.05, 3.63) is 34.9 Å². The minimum absolute atomic E-state index is 0.456. The highest BCUT2D eigenvalue weighted by Gasteiger charge is 2.19. The smallest absolute Gasteiger partial charge is 0.132 e. The Morgan fingerprint density at radius 2 is 1.88 bits per heavy atom. The monoisotopic (exact) mass is 216 g/mol. The van der Waals surface area contributed by atoms with Crippen LogP contribution in [0.15, 0.2) is 18.2 Å². The normalized spacial score (nSPS) is 17.8. The number of ketones is 1. The molecule has 0 unspecified atom stereocenters. The van der Waals surface area contributed by atoms with Crippen molar-refractivity contribution in [1.82, 2.24) is 0 Å². The zero-order valence-corrected chi connectivity index (χ0v) is 10.3. The third kappa shape index (κ3) is 2.72. The van der Waals surface area contributed by atoms with Crippen LogP contribution in [0.4, 0.5) is 0 Å². The van der Waals surface area contributed by atoms with Gasteiger partial charge in [0.15, 0.2) is 0 Å². The molecular formula is C15H20O. The molecule has 0 bridgehead atoms. The molecule has 1 heteroatoms. The first-order chi connectivity index (χ1) is 7.65. The maximum Gasteiger partial charge on any atom is 0.132 e. The van der Waals surface area contributed by atoms with Crippen LogP contribution in [0.2, 0.25) is 0 Å². The van der Waals surface area contributed by atoms with Gasteiger partial charge in [-0.2, -0.15) is 0 Å². The van der Waals surface area contributed by atoms with Gasteiger partial charge in [0.2, 0.25) is 0 Å². The molecule has 86 valence electrons. The lowest BCUT2D eigenvalue weighted by molar-refractivity contribution is -0.120. The molecule has 0 spiro atoms. The van der Waals surface area contributed by atoms with Gasteiger partial charge in [0, 0.05) is 12.8 Å². The van der Waals surface area contributed by atoms with Crippen molar-refractivity contribution >= 4 is 5.78 Å². The van der Waals surface area contributed by atoms with Gasteiger partial charge in [-0.3, -0.25) is 4.79 Å². The van der Waals surface area contributed by atoms with Crippen LogP contribution in [0.1, 0.15) is 42.4 Å². The lowest BCUT2D eigenvalue weighted by Gasteiger charge is -2.21. The number of carbonyl (C=O) groups is 1. The zero-order valence-electron chi connectivity index (χ0n) is 10.3. The van der Waals surface area contributed by atoms with Crippen molar-refractivity contribution in [1.29, 1.82) is 0 Å². The fourth-order valence-electron chi connectivity index (χ4n) is 2.53. The predicted molar refractivity (Wildman–Crippen MR) is 66.6 cm³/mol. The summed E-state index contributed by atoms with van der Waals surface area (Å²) in [6, 6.07) is 6.67. The first kappa shape index (κ1) is 11.4. The number of hydrogen-bond acceptors (Lipinski definition) is 1. The maximum absolute atomic E-state index is 11.2. The van der Waals surface area contributed by atoms with E-state index in [0.29, 0.717) is 5.78 Å². The van der Waals surface area contributed by atoms with Crippen LogP contribution >= 0.6 is 0 Å². The van der Waals surface area contributed by atoms with Crippen LogP contribution < -0.4 is 0 Å². The predicted octanol–water partition coefficient (Wildman–Crippen LogP) is 3.61. The van der Waals surface area contributed by atoms with Crippen molar-refractivity contribution in [2.75, 3.05) is 0 Å². The molecule has 1 aromatic rings. The molecule has 0 aliphatic heterocycles. The third-order valence-corrected chi connectivity index (χ3v) is 3.68. The van der Waals surface area contributed by atoms with E-state index in [1.54, 1.807) is 0 Å². The van der Waals surface area contributed by atoms with Gasteiger partial charge >= 0.3 is 0 Å². The molecule has 0 heterocycles. The van der Waals surface area contributed by atoms with E-state index in [-0.39, 0.29) is 0 Å². The highest BCUT2D eigenvalue weighted by Crippen LogP contribution is 2.26. The van der Waals surface area contributed by atoms with Crippen molar-refractivity contribution in [3.8, 4) is 0 Å². The van der Waals surface area contributed by atoms with E-state index in [0.717, 1.165) is 38.0 Å². The van der Waals surface area contributed by atoms with Gasteiger partial charge in [0.05, 0.1) is 0 Å². The Hall–Kier alpha value is -1.11. The minimum atomic E-state index is 0.456. The molecule has 0 N–H and O–H groups in total. The highest BCUT2D eigenvalue weighted by molar-refractivity contribution is 5.79. The molecule has 16 heavy (non-hydrogen) atoms. The Labute approximate surface area is 97.9 Å². The van der Waals surface area contributed by atoms with Gasteiger partial charge < -0.3 is 0 Å². The number of benzene rings is 1. The molecule has 1 saturated carbocycles. The average molecular weight is 216 g/mol. The Kier molecular flexibility index (Phi) is 3.42. The van der Waals surface area contributed by atoms with E-state index in [2.05, 4.69) is 32.0 Å². The number of aryl methyl sites for hydroxylation is 2. The molecule has 1 fully saturated rings. The van der Waals surface area contributed by atoms with Gasteiger partial charge in [-0.05, 0) is 50.2 Å². The van der Waals surface area contributed by atoms with Crippen molar-refractivity contribution in [2.24, 2.45) is 5.92 Å². The fourth-order valence-corrected chi connectivity index (χ4v) is 2.53. The van der Waals surface area contributed by atoms with Gasteiger partial charge in [0.25, 0.3) is 0 Å². The molecular weight excluding hydrogens is 196 g/mol. The number of rotatable bonds is 2. The van der Waals surface area contributed by atoms with Crippen molar-refractivity contribution < 1.29 is 4.79 Å². The van der Waals surface area contributed by atoms with Gasteiger partial charge in [-0.15, -0.1) is 0 Å². The van der Waals surface area contributed by atoms with E-state index in [9.17, 15) is 4.79 Å². The molecule has 1 aliphatic carbocycles. The van der Waals surface area contributed by atoms with Crippen LogP contribution in [0, 0.1) is 19.8 Å². The Morgan fingerprint density at radius 3 is 2.56 bits per heavy atom. The molecule has 1 aliphatic rings. The topological polar surface area (TPSA) is 17.1 Å². The average Bonchev–Trinajstić information content (AvgIpc) is 2.27. The SMILES string of the molecule is Cc1ccc(C)c(CC2CCC(=O)CC2)c1. The Bertz CT molecular complexity index is 382. The molecule has 2 rings (SSSR count). The summed E-state index contributed by atoms with van der Waals surface area (Å²) in [4.78, 5) is 11.2. The molecule has 1 aromatic carbocycles. The van der Waals surface area contributed by atoms with Crippen LogP contribution in [-0.2, 0) is 11.2 Å². The van der Waals surface area contributed by atoms with Crippen LogP contribution in [0.5, 0.6) is 0 Å². The van der Waals surface area contributed by atoms with E-state index in [1.165, 1.54) is 16.7 Å². The van der Waals surface area contributed by atoms with E-state index in [1.807, 2.05) is 0 Å². The van der Waals surface area contributed by atoms with Gasteiger partial charge in [0.1, 0.15) is 5.78 Å². The lowest BCUT2D eigenvalue weighted by Crippen LogP contribution is -2.16. The Morgan fingerprint density at radius 1 is 1.19 bits per heavy atom. The summed E-state index contributed by atoms with van der Waals surface area (Å²) in [6.07, 6.45) is 4.93. The lowest BCUT2D eigenvalue weighted by atomic mass is 9.83.